The van der Waals surface area contributed by atoms with E-state index in [1.807, 2.05) is 37.3 Å². The zero-order chi connectivity index (χ0) is 13.1. The molecule has 0 aliphatic carbocycles. The van der Waals surface area contributed by atoms with Gasteiger partial charge in [0.2, 0.25) is 0 Å². The standard InChI is InChI=1S/C14H18N4/c1-9-4-13(2-3-14(9)17)18-8-10-5-11(15)7-12(16)6-10/h2-7,18H,8,15-17H2,1H3. The van der Waals surface area contributed by atoms with E-state index >= 15 is 0 Å². The summed E-state index contributed by atoms with van der Waals surface area (Å²) in [7, 11) is 0. The summed E-state index contributed by atoms with van der Waals surface area (Å²) in [6.07, 6.45) is 0. The van der Waals surface area contributed by atoms with Gasteiger partial charge < -0.3 is 22.5 Å². The summed E-state index contributed by atoms with van der Waals surface area (Å²) < 4.78 is 0. The van der Waals surface area contributed by atoms with Crippen molar-refractivity contribution >= 4 is 22.7 Å². The number of nitrogens with two attached hydrogens (primary N) is 3. The lowest BCUT2D eigenvalue weighted by atomic mass is 10.1. The van der Waals surface area contributed by atoms with Crippen LogP contribution in [0.2, 0.25) is 0 Å². The van der Waals surface area contributed by atoms with Gasteiger partial charge in [-0.15, -0.1) is 0 Å². The summed E-state index contributed by atoms with van der Waals surface area (Å²) in [5.41, 5.74) is 22.6. The van der Waals surface area contributed by atoms with Crippen molar-refractivity contribution in [2.24, 2.45) is 0 Å². The van der Waals surface area contributed by atoms with Gasteiger partial charge in [0.1, 0.15) is 0 Å². The Kier molecular flexibility index (Phi) is 3.28. The Labute approximate surface area is 107 Å². The molecule has 18 heavy (non-hydrogen) atoms. The van der Waals surface area contributed by atoms with Crippen LogP contribution in [0, 0.1) is 6.92 Å². The summed E-state index contributed by atoms with van der Waals surface area (Å²) in [6, 6.07) is 11.4. The van der Waals surface area contributed by atoms with Crippen LogP contribution >= 0.6 is 0 Å². The number of hydrogen-bond donors (Lipinski definition) is 4. The summed E-state index contributed by atoms with van der Waals surface area (Å²) in [6.45, 7) is 2.66. The zero-order valence-corrected chi connectivity index (χ0v) is 10.4. The van der Waals surface area contributed by atoms with Gasteiger partial charge in [0.15, 0.2) is 0 Å². The average Bonchev–Trinajstić information content (AvgIpc) is 2.29. The maximum atomic E-state index is 5.77. The van der Waals surface area contributed by atoms with Crippen LogP contribution < -0.4 is 22.5 Å². The van der Waals surface area contributed by atoms with Gasteiger partial charge in [-0.2, -0.15) is 0 Å². The van der Waals surface area contributed by atoms with E-state index in [0.717, 1.165) is 22.5 Å². The van der Waals surface area contributed by atoms with E-state index in [1.54, 1.807) is 6.07 Å². The van der Waals surface area contributed by atoms with E-state index in [-0.39, 0.29) is 0 Å². The molecule has 7 N–H and O–H groups in total. The lowest BCUT2D eigenvalue weighted by Crippen LogP contribution is -2.02. The molecule has 0 atom stereocenters. The van der Waals surface area contributed by atoms with Crippen LogP contribution in [0.1, 0.15) is 11.1 Å². The van der Waals surface area contributed by atoms with Crippen molar-refractivity contribution in [1.82, 2.24) is 0 Å². The molecule has 0 amide bonds. The largest absolute Gasteiger partial charge is 0.399 e. The Morgan fingerprint density at radius 1 is 0.944 bits per heavy atom. The molecule has 0 aliphatic heterocycles. The molecule has 94 valence electrons. The zero-order valence-electron chi connectivity index (χ0n) is 10.4. The van der Waals surface area contributed by atoms with E-state index in [1.165, 1.54) is 0 Å². The lowest BCUT2D eigenvalue weighted by Gasteiger charge is -2.10. The molecule has 0 heterocycles. The van der Waals surface area contributed by atoms with E-state index in [4.69, 9.17) is 17.2 Å². The van der Waals surface area contributed by atoms with Crippen molar-refractivity contribution in [1.29, 1.82) is 0 Å². The number of rotatable bonds is 3. The molecule has 0 radical (unpaired) electrons. The first-order chi connectivity index (χ1) is 8.54. The second-order valence-electron chi connectivity index (χ2n) is 4.43. The van der Waals surface area contributed by atoms with Crippen molar-refractivity contribution in [2.45, 2.75) is 13.5 Å². The molecule has 0 spiro atoms. The predicted molar refractivity (Wildman–Crippen MR) is 78.2 cm³/mol. The molecule has 4 heteroatoms. The molecular weight excluding hydrogens is 224 g/mol. The van der Waals surface area contributed by atoms with Gasteiger partial charge in [-0.05, 0) is 54.4 Å². The molecule has 0 bridgehead atoms. The van der Waals surface area contributed by atoms with Gasteiger partial charge in [-0.1, -0.05) is 0 Å². The van der Waals surface area contributed by atoms with Crippen molar-refractivity contribution in [3.63, 3.8) is 0 Å². The highest BCUT2D eigenvalue weighted by molar-refractivity contribution is 5.58. The molecule has 2 rings (SSSR count). The van der Waals surface area contributed by atoms with Gasteiger partial charge in [0.05, 0.1) is 0 Å². The number of aryl methyl sites for hydroxylation is 1. The minimum absolute atomic E-state index is 0.679. The monoisotopic (exact) mass is 242 g/mol. The molecule has 4 nitrogen and oxygen atoms in total. The van der Waals surface area contributed by atoms with Gasteiger partial charge in [0.25, 0.3) is 0 Å². The van der Waals surface area contributed by atoms with Crippen molar-refractivity contribution in [2.75, 3.05) is 22.5 Å². The van der Waals surface area contributed by atoms with Crippen LogP contribution in [0.25, 0.3) is 0 Å². The molecule has 0 aliphatic rings. The van der Waals surface area contributed by atoms with Gasteiger partial charge in [0, 0.05) is 29.3 Å². The fourth-order valence-corrected chi connectivity index (χ4v) is 1.84. The molecular formula is C14H18N4. The maximum absolute atomic E-state index is 5.77. The molecule has 2 aromatic carbocycles. The third-order valence-corrected chi connectivity index (χ3v) is 2.80. The summed E-state index contributed by atoms with van der Waals surface area (Å²) in [5.74, 6) is 0. The van der Waals surface area contributed by atoms with Crippen LogP contribution in [0.5, 0.6) is 0 Å². The number of hydrogen-bond acceptors (Lipinski definition) is 4. The maximum Gasteiger partial charge on any atom is 0.0402 e. The van der Waals surface area contributed by atoms with Gasteiger partial charge in [-0.25, -0.2) is 0 Å². The highest BCUT2D eigenvalue weighted by atomic mass is 14.9. The van der Waals surface area contributed by atoms with Crippen molar-refractivity contribution in [3.05, 3.63) is 47.5 Å². The number of benzene rings is 2. The molecule has 0 fully saturated rings. The summed E-state index contributed by atoms with van der Waals surface area (Å²) >= 11 is 0. The number of nitrogen functional groups attached to an aromatic ring is 3. The Hall–Kier alpha value is -2.36. The molecule has 0 unspecified atom stereocenters. The number of nitrogens with one attached hydrogen (secondary N) is 1. The smallest absolute Gasteiger partial charge is 0.0402 e. The first-order valence-corrected chi connectivity index (χ1v) is 5.79. The van der Waals surface area contributed by atoms with Crippen LogP contribution in [-0.4, -0.2) is 0 Å². The Morgan fingerprint density at radius 2 is 1.61 bits per heavy atom. The Bertz CT molecular complexity index is 543. The Morgan fingerprint density at radius 3 is 2.22 bits per heavy atom. The van der Waals surface area contributed by atoms with Crippen LogP contribution in [0.4, 0.5) is 22.7 Å². The van der Waals surface area contributed by atoms with E-state index in [0.29, 0.717) is 17.9 Å². The average molecular weight is 242 g/mol. The fourth-order valence-electron chi connectivity index (χ4n) is 1.84. The third-order valence-electron chi connectivity index (χ3n) is 2.80. The highest BCUT2D eigenvalue weighted by Gasteiger charge is 1.99. The first-order valence-electron chi connectivity index (χ1n) is 5.79. The van der Waals surface area contributed by atoms with E-state index in [2.05, 4.69) is 5.32 Å². The van der Waals surface area contributed by atoms with E-state index < -0.39 is 0 Å². The van der Waals surface area contributed by atoms with Crippen molar-refractivity contribution < 1.29 is 0 Å². The summed E-state index contributed by atoms with van der Waals surface area (Å²) in [4.78, 5) is 0. The molecule has 0 saturated heterocycles. The predicted octanol–water partition coefficient (Wildman–Crippen LogP) is 2.35. The number of anilines is 4. The molecule has 0 aromatic heterocycles. The molecule has 0 saturated carbocycles. The minimum atomic E-state index is 0.679. The third kappa shape index (κ3) is 2.85. The fraction of sp³-hybridized carbons (Fsp3) is 0.143. The van der Waals surface area contributed by atoms with E-state index in [9.17, 15) is 0 Å². The minimum Gasteiger partial charge on any atom is -0.399 e. The van der Waals surface area contributed by atoms with Crippen molar-refractivity contribution in [3.8, 4) is 0 Å². The highest BCUT2D eigenvalue weighted by Crippen LogP contribution is 2.19. The SMILES string of the molecule is Cc1cc(NCc2cc(N)cc(N)c2)ccc1N. The van der Waals surface area contributed by atoms with Gasteiger partial charge in [-0.3, -0.25) is 0 Å². The summed E-state index contributed by atoms with van der Waals surface area (Å²) in [5, 5.41) is 3.32. The first kappa shape index (κ1) is 12.1. The quantitative estimate of drug-likeness (QED) is 0.622. The lowest BCUT2D eigenvalue weighted by molar-refractivity contribution is 1.15. The second kappa shape index (κ2) is 4.87. The van der Waals surface area contributed by atoms with Crippen LogP contribution in [-0.2, 0) is 6.54 Å². The molecule has 2 aromatic rings. The van der Waals surface area contributed by atoms with Gasteiger partial charge >= 0.3 is 0 Å². The normalized spacial score (nSPS) is 10.3. The Balaban J connectivity index is 2.08. The van der Waals surface area contributed by atoms with Crippen LogP contribution in [0.3, 0.4) is 0 Å². The topological polar surface area (TPSA) is 90.1 Å². The second-order valence-corrected chi connectivity index (χ2v) is 4.43. The van der Waals surface area contributed by atoms with Crippen LogP contribution in [0.15, 0.2) is 36.4 Å².